The lowest BCUT2D eigenvalue weighted by atomic mass is 9.96. The lowest BCUT2D eigenvalue weighted by molar-refractivity contribution is 0.808. The summed E-state index contributed by atoms with van der Waals surface area (Å²) in [6.45, 7) is 5.26. The number of unbranched alkanes of at least 4 members (excludes halogenated alkanes) is 1. The molecular formula is C17H21N. The standard InChI is InChI=1S/C17H21N/c1-3-4-13-18-14(2)16-11-7-8-12-17(16)15-9-5-6-10-15/h5-9,11-12H,3-4,10,13H2,1-2H3. The maximum Gasteiger partial charge on any atom is 0.0395 e. The monoisotopic (exact) mass is 239 g/mol. The second-order valence-corrected chi connectivity index (χ2v) is 4.69. The normalized spacial score (nSPS) is 15.0. The Bertz CT molecular complexity index is 492. The van der Waals surface area contributed by atoms with E-state index in [-0.39, 0.29) is 0 Å². The summed E-state index contributed by atoms with van der Waals surface area (Å²) in [6, 6.07) is 8.59. The third kappa shape index (κ3) is 2.98. The van der Waals surface area contributed by atoms with E-state index >= 15 is 0 Å². The van der Waals surface area contributed by atoms with Gasteiger partial charge in [0.1, 0.15) is 0 Å². The van der Waals surface area contributed by atoms with E-state index in [1.54, 1.807) is 0 Å². The number of hydrogen-bond acceptors (Lipinski definition) is 1. The Morgan fingerprint density at radius 3 is 2.83 bits per heavy atom. The van der Waals surface area contributed by atoms with Crippen LogP contribution < -0.4 is 0 Å². The third-order valence-electron chi connectivity index (χ3n) is 3.29. The van der Waals surface area contributed by atoms with Gasteiger partial charge in [-0.15, -0.1) is 0 Å². The molecule has 0 amide bonds. The van der Waals surface area contributed by atoms with Crippen LogP contribution in [0.1, 0.15) is 44.2 Å². The van der Waals surface area contributed by atoms with Crippen LogP contribution in [0.15, 0.2) is 47.5 Å². The first kappa shape index (κ1) is 12.8. The molecule has 0 radical (unpaired) electrons. The molecule has 0 spiro atoms. The predicted molar refractivity (Wildman–Crippen MR) is 80.2 cm³/mol. The first-order chi connectivity index (χ1) is 8.83. The molecule has 1 aromatic carbocycles. The summed E-state index contributed by atoms with van der Waals surface area (Å²) in [6.07, 6.45) is 9.96. The van der Waals surface area contributed by atoms with Crippen molar-refractivity contribution in [2.45, 2.75) is 33.1 Å². The second-order valence-electron chi connectivity index (χ2n) is 4.69. The van der Waals surface area contributed by atoms with E-state index in [4.69, 9.17) is 0 Å². The predicted octanol–water partition coefficient (Wildman–Crippen LogP) is 4.64. The fourth-order valence-corrected chi connectivity index (χ4v) is 2.22. The van der Waals surface area contributed by atoms with Crippen LogP contribution in [0.2, 0.25) is 0 Å². The lowest BCUT2D eigenvalue weighted by Crippen LogP contribution is -2.01. The molecular weight excluding hydrogens is 218 g/mol. The number of aliphatic imine (C=N–C) groups is 1. The number of allylic oxidation sites excluding steroid dienone is 4. The molecule has 1 nitrogen and oxygen atoms in total. The highest BCUT2D eigenvalue weighted by molar-refractivity contribution is 6.03. The van der Waals surface area contributed by atoms with Gasteiger partial charge < -0.3 is 0 Å². The fourth-order valence-electron chi connectivity index (χ4n) is 2.22. The summed E-state index contributed by atoms with van der Waals surface area (Å²) in [5.74, 6) is 0. The Morgan fingerprint density at radius 1 is 1.28 bits per heavy atom. The molecule has 1 aliphatic carbocycles. The average Bonchev–Trinajstić information content (AvgIpc) is 2.93. The first-order valence-electron chi connectivity index (χ1n) is 6.79. The second kappa shape index (κ2) is 6.34. The minimum atomic E-state index is 0.938. The van der Waals surface area contributed by atoms with E-state index < -0.39 is 0 Å². The Labute approximate surface area is 110 Å². The van der Waals surface area contributed by atoms with Crippen LogP contribution in [0.25, 0.3) is 5.57 Å². The van der Waals surface area contributed by atoms with Gasteiger partial charge in [-0.3, -0.25) is 4.99 Å². The molecule has 0 aliphatic heterocycles. The SMILES string of the molecule is CCCCN=C(C)c1ccccc1C1=CC=CC1. The molecule has 1 heteroatoms. The number of nitrogens with zero attached hydrogens (tertiary/aromatic N) is 1. The molecule has 0 atom stereocenters. The molecule has 0 fully saturated rings. The van der Waals surface area contributed by atoms with Crippen LogP contribution >= 0.6 is 0 Å². The summed E-state index contributed by atoms with van der Waals surface area (Å²) < 4.78 is 0. The topological polar surface area (TPSA) is 12.4 Å². The Balaban J connectivity index is 2.24. The van der Waals surface area contributed by atoms with Gasteiger partial charge in [0.25, 0.3) is 0 Å². The smallest absolute Gasteiger partial charge is 0.0395 e. The van der Waals surface area contributed by atoms with Crippen molar-refractivity contribution < 1.29 is 0 Å². The van der Waals surface area contributed by atoms with Crippen molar-refractivity contribution in [1.82, 2.24) is 0 Å². The van der Waals surface area contributed by atoms with Crippen LogP contribution in [0, 0.1) is 0 Å². The Kier molecular flexibility index (Phi) is 4.52. The Morgan fingerprint density at radius 2 is 2.11 bits per heavy atom. The zero-order valence-electron chi connectivity index (χ0n) is 11.3. The van der Waals surface area contributed by atoms with E-state index in [9.17, 15) is 0 Å². The maximum atomic E-state index is 4.69. The van der Waals surface area contributed by atoms with E-state index in [2.05, 4.69) is 61.3 Å². The van der Waals surface area contributed by atoms with Crippen molar-refractivity contribution in [3.8, 4) is 0 Å². The summed E-state index contributed by atoms with van der Waals surface area (Å²) in [5, 5.41) is 0. The van der Waals surface area contributed by atoms with Crippen molar-refractivity contribution in [1.29, 1.82) is 0 Å². The molecule has 0 heterocycles. The summed E-state index contributed by atoms with van der Waals surface area (Å²) in [4.78, 5) is 4.69. The van der Waals surface area contributed by atoms with Crippen molar-refractivity contribution in [2.75, 3.05) is 6.54 Å². The maximum absolute atomic E-state index is 4.69. The van der Waals surface area contributed by atoms with Crippen LogP contribution in [0.5, 0.6) is 0 Å². The van der Waals surface area contributed by atoms with E-state index in [1.165, 1.54) is 29.5 Å². The summed E-state index contributed by atoms with van der Waals surface area (Å²) in [7, 11) is 0. The van der Waals surface area contributed by atoms with Crippen LogP contribution in [-0.2, 0) is 0 Å². The molecule has 0 N–H and O–H groups in total. The zero-order chi connectivity index (χ0) is 12.8. The van der Waals surface area contributed by atoms with Gasteiger partial charge in [-0.25, -0.2) is 0 Å². The summed E-state index contributed by atoms with van der Waals surface area (Å²) in [5.41, 5.74) is 5.17. The average molecular weight is 239 g/mol. The fraction of sp³-hybridized carbons (Fsp3) is 0.353. The molecule has 1 aliphatic rings. The van der Waals surface area contributed by atoms with Crippen LogP contribution in [0.4, 0.5) is 0 Å². The van der Waals surface area contributed by atoms with Crippen LogP contribution in [-0.4, -0.2) is 12.3 Å². The molecule has 0 saturated carbocycles. The van der Waals surface area contributed by atoms with Gasteiger partial charge in [0, 0.05) is 17.8 Å². The van der Waals surface area contributed by atoms with Gasteiger partial charge in [-0.05, 0) is 30.9 Å². The van der Waals surface area contributed by atoms with Crippen molar-refractivity contribution in [3.63, 3.8) is 0 Å². The van der Waals surface area contributed by atoms with Crippen LogP contribution in [0.3, 0.4) is 0 Å². The molecule has 18 heavy (non-hydrogen) atoms. The molecule has 1 aromatic rings. The lowest BCUT2D eigenvalue weighted by Gasteiger charge is -2.10. The molecule has 0 saturated heterocycles. The molecule has 94 valence electrons. The third-order valence-corrected chi connectivity index (χ3v) is 3.29. The van der Waals surface area contributed by atoms with Gasteiger partial charge >= 0.3 is 0 Å². The molecule has 2 rings (SSSR count). The van der Waals surface area contributed by atoms with Gasteiger partial charge in [0.15, 0.2) is 0 Å². The van der Waals surface area contributed by atoms with E-state index in [0.717, 1.165) is 18.7 Å². The number of benzene rings is 1. The van der Waals surface area contributed by atoms with Gasteiger partial charge in [0.05, 0.1) is 0 Å². The molecule has 0 aromatic heterocycles. The number of rotatable bonds is 5. The van der Waals surface area contributed by atoms with Crippen molar-refractivity contribution in [2.24, 2.45) is 4.99 Å². The quantitative estimate of drug-likeness (QED) is 0.524. The minimum Gasteiger partial charge on any atom is -0.289 e. The first-order valence-corrected chi connectivity index (χ1v) is 6.79. The molecule has 0 bridgehead atoms. The van der Waals surface area contributed by atoms with Gasteiger partial charge in [0.2, 0.25) is 0 Å². The Hall–Kier alpha value is -1.63. The summed E-state index contributed by atoms with van der Waals surface area (Å²) >= 11 is 0. The van der Waals surface area contributed by atoms with E-state index in [1.807, 2.05) is 0 Å². The highest BCUT2D eigenvalue weighted by Gasteiger charge is 2.09. The van der Waals surface area contributed by atoms with Gasteiger partial charge in [-0.1, -0.05) is 55.8 Å². The highest BCUT2D eigenvalue weighted by Crippen LogP contribution is 2.26. The number of hydrogen-bond donors (Lipinski definition) is 0. The van der Waals surface area contributed by atoms with Crippen molar-refractivity contribution in [3.05, 3.63) is 53.6 Å². The largest absolute Gasteiger partial charge is 0.289 e. The van der Waals surface area contributed by atoms with Crippen molar-refractivity contribution >= 4 is 11.3 Å². The van der Waals surface area contributed by atoms with Gasteiger partial charge in [-0.2, -0.15) is 0 Å². The highest BCUT2D eigenvalue weighted by atomic mass is 14.7. The van der Waals surface area contributed by atoms with E-state index in [0.29, 0.717) is 0 Å². The minimum absolute atomic E-state index is 0.938. The molecule has 0 unspecified atom stereocenters. The zero-order valence-corrected chi connectivity index (χ0v) is 11.3.